The van der Waals surface area contributed by atoms with Crippen LogP contribution in [-0.4, -0.2) is 6.61 Å². The quantitative estimate of drug-likeness (QED) is 0.754. The molecule has 0 saturated heterocycles. The average Bonchev–Trinajstić information content (AvgIpc) is 2.17. The van der Waals surface area contributed by atoms with Gasteiger partial charge in [-0.05, 0) is 24.3 Å². The maximum absolute atomic E-state index is 13.0. The summed E-state index contributed by atoms with van der Waals surface area (Å²) in [5, 5.41) is 0. The van der Waals surface area contributed by atoms with E-state index in [1.807, 2.05) is 0 Å². The van der Waals surface area contributed by atoms with E-state index in [4.69, 9.17) is 4.74 Å². The zero-order valence-electron chi connectivity index (χ0n) is 7.64. The summed E-state index contributed by atoms with van der Waals surface area (Å²) >= 11 is 3.15. The lowest BCUT2D eigenvalue weighted by molar-refractivity contribution is 0.304. The molecule has 1 nitrogen and oxygen atoms in total. The van der Waals surface area contributed by atoms with E-state index in [0.29, 0.717) is 4.47 Å². The Hall–Kier alpha value is -0.970. The Labute approximate surface area is 93.7 Å². The summed E-state index contributed by atoms with van der Waals surface area (Å²) in [6.07, 6.45) is -0.974. The van der Waals surface area contributed by atoms with Crippen molar-refractivity contribution in [2.24, 2.45) is 0 Å². The van der Waals surface area contributed by atoms with Gasteiger partial charge in [-0.25, -0.2) is 4.39 Å². The number of ether oxygens (including phenoxy) is 1. The third-order valence-electron chi connectivity index (χ3n) is 1.57. The van der Waals surface area contributed by atoms with Crippen molar-refractivity contribution in [3.05, 3.63) is 40.6 Å². The molecule has 0 fully saturated rings. The average molecular weight is 281 g/mol. The molecule has 0 spiro atoms. The minimum absolute atomic E-state index is 0.0186. The van der Waals surface area contributed by atoms with Crippen molar-refractivity contribution in [2.45, 2.75) is 6.42 Å². The number of hydrogen-bond donors (Lipinski definition) is 0. The van der Waals surface area contributed by atoms with Crippen LogP contribution in [0.2, 0.25) is 0 Å². The molecule has 15 heavy (non-hydrogen) atoms. The van der Waals surface area contributed by atoms with Crippen LogP contribution in [0, 0.1) is 5.82 Å². The van der Waals surface area contributed by atoms with Crippen molar-refractivity contribution in [3.8, 4) is 5.75 Å². The van der Waals surface area contributed by atoms with E-state index in [0.717, 1.165) is 6.08 Å². The summed E-state index contributed by atoms with van der Waals surface area (Å²) in [7, 11) is 0. The van der Waals surface area contributed by atoms with Crippen LogP contribution in [0.4, 0.5) is 13.2 Å². The zero-order valence-corrected chi connectivity index (χ0v) is 9.23. The van der Waals surface area contributed by atoms with Crippen LogP contribution in [0.5, 0.6) is 5.75 Å². The second-order valence-corrected chi connectivity index (χ2v) is 3.62. The van der Waals surface area contributed by atoms with E-state index in [1.165, 1.54) is 18.2 Å². The lowest BCUT2D eigenvalue weighted by Crippen LogP contribution is -1.97. The normalized spacial score (nSPS) is 9.87. The lowest BCUT2D eigenvalue weighted by Gasteiger charge is -2.05. The van der Waals surface area contributed by atoms with E-state index in [-0.39, 0.29) is 18.8 Å². The van der Waals surface area contributed by atoms with Gasteiger partial charge in [0.1, 0.15) is 0 Å². The fraction of sp³-hybridized carbons (Fsp3) is 0.200. The summed E-state index contributed by atoms with van der Waals surface area (Å²) < 4.78 is 42.0. The Morgan fingerprint density at radius 2 is 2.13 bits per heavy atom. The first-order chi connectivity index (χ1) is 7.09. The van der Waals surface area contributed by atoms with Crippen molar-refractivity contribution in [1.82, 2.24) is 0 Å². The Morgan fingerprint density at radius 3 is 2.80 bits per heavy atom. The topological polar surface area (TPSA) is 9.23 Å². The van der Waals surface area contributed by atoms with Gasteiger partial charge in [-0.15, -0.1) is 0 Å². The van der Waals surface area contributed by atoms with Gasteiger partial charge in [0.05, 0.1) is 6.61 Å². The highest BCUT2D eigenvalue weighted by atomic mass is 79.9. The first kappa shape index (κ1) is 12.1. The maximum atomic E-state index is 13.0. The third-order valence-corrected chi connectivity index (χ3v) is 2.06. The van der Waals surface area contributed by atoms with Crippen LogP contribution in [0.15, 0.2) is 34.8 Å². The van der Waals surface area contributed by atoms with Crippen molar-refractivity contribution in [2.75, 3.05) is 6.61 Å². The Kier molecular flexibility index (Phi) is 4.68. The van der Waals surface area contributed by atoms with E-state index in [1.54, 1.807) is 0 Å². The molecule has 0 aliphatic rings. The molecule has 0 heterocycles. The van der Waals surface area contributed by atoms with Crippen LogP contribution in [0.1, 0.15) is 6.42 Å². The number of hydrogen-bond acceptors (Lipinski definition) is 1. The Bertz CT molecular complexity index is 362. The maximum Gasteiger partial charge on any atom is 0.266 e. The van der Waals surface area contributed by atoms with Gasteiger partial charge in [0, 0.05) is 10.9 Å². The van der Waals surface area contributed by atoms with Crippen LogP contribution < -0.4 is 4.74 Å². The molecule has 0 amide bonds. The molecule has 0 aliphatic heterocycles. The van der Waals surface area contributed by atoms with Crippen LogP contribution in [0.3, 0.4) is 0 Å². The third kappa shape index (κ3) is 4.38. The number of rotatable bonds is 4. The molecule has 0 radical (unpaired) electrons. The summed E-state index contributed by atoms with van der Waals surface area (Å²) in [4.78, 5) is 0. The van der Waals surface area contributed by atoms with E-state index >= 15 is 0 Å². The van der Waals surface area contributed by atoms with Gasteiger partial charge in [-0.1, -0.05) is 15.9 Å². The molecule has 0 saturated carbocycles. The molecule has 82 valence electrons. The first-order valence-electron chi connectivity index (χ1n) is 4.18. The fourth-order valence-electron chi connectivity index (χ4n) is 0.925. The smallest absolute Gasteiger partial charge is 0.266 e. The molecule has 1 rings (SSSR count). The lowest BCUT2D eigenvalue weighted by atomic mass is 10.3. The van der Waals surface area contributed by atoms with Crippen LogP contribution >= 0.6 is 15.9 Å². The van der Waals surface area contributed by atoms with E-state index in [2.05, 4.69) is 15.9 Å². The first-order valence-corrected chi connectivity index (χ1v) is 4.98. The Balaban J connectivity index is 2.50. The molecule has 1 aromatic rings. The van der Waals surface area contributed by atoms with Crippen LogP contribution in [0.25, 0.3) is 0 Å². The molecule has 1 aromatic carbocycles. The SMILES string of the molecule is FC(F)=CCCOc1cc(Br)ccc1F. The predicted molar refractivity (Wildman–Crippen MR) is 54.5 cm³/mol. The number of halogens is 4. The number of benzene rings is 1. The highest BCUT2D eigenvalue weighted by Crippen LogP contribution is 2.22. The van der Waals surface area contributed by atoms with Crippen molar-refractivity contribution >= 4 is 15.9 Å². The van der Waals surface area contributed by atoms with Gasteiger partial charge in [-0.3, -0.25) is 0 Å². The van der Waals surface area contributed by atoms with E-state index < -0.39 is 11.9 Å². The van der Waals surface area contributed by atoms with Crippen LogP contribution in [-0.2, 0) is 0 Å². The van der Waals surface area contributed by atoms with Gasteiger partial charge < -0.3 is 4.74 Å². The molecule has 0 unspecified atom stereocenters. The van der Waals surface area contributed by atoms with Gasteiger partial charge in [0.25, 0.3) is 6.08 Å². The summed E-state index contributed by atoms with van der Waals surface area (Å²) in [6, 6.07) is 4.22. The standard InChI is InChI=1S/C10H8BrF3O/c11-7-3-4-8(12)9(6-7)15-5-1-2-10(13)14/h2-4,6H,1,5H2. The van der Waals surface area contributed by atoms with Gasteiger partial charge >= 0.3 is 0 Å². The predicted octanol–water partition coefficient (Wildman–Crippen LogP) is 4.14. The van der Waals surface area contributed by atoms with Crippen molar-refractivity contribution in [3.63, 3.8) is 0 Å². The highest BCUT2D eigenvalue weighted by Gasteiger charge is 2.03. The zero-order chi connectivity index (χ0) is 11.3. The summed E-state index contributed by atoms with van der Waals surface area (Å²) in [6.45, 7) is 0.0186. The molecule has 0 N–H and O–H groups in total. The van der Waals surface area contributed by atoms with Gasteiger partial charge in [0.2, 0.25) is 0 Å². The summed E-state index contributed by atoms with van der Waals surface area (Å²) in [5.74, 6) is -0.458. The molecule has 0 atom stereocenters. The second kappa shape index (κ2) is 5.80. The molecular formula is C10H8BrF3O. The minimum Gasteiger partial charge on any atom is -0.490 e. The molecule has 0 aliphatic carbocycles. The van der Waals surface area contributed by atoms with Gasteiger partial charge in [0.15, 0.2) is 11.6 Å². The van der Waals surface area contributed by atoms with Crippen molar-refractivity contribution in [1.29, 1.82) is 0 Å². The largest absolute Gasteiger partial charge is 0.490 e. The molecule has 0 aromatic heterocycles. The van der Waals surface area contributed by atoms with Crippen molar-refractivity contribution < 1.29 is 17.9 Å². The second-order valence-electron chi connectivity index (χ2n) is 2.71. The summed E-state index contributed by atoms with van der Waals surface area (Å²) in [5.41, 5.74) is 0. The monoisotopic (exact) mass is 280 g/mol. The van der Waals surface area contributed by atoms with E-state index in [9.17, 15) is 13.2 Å². The Morgan fingerprint density at radius 1 is 1.40 bits per heavy atom. The highest BCUT2D eigenvalue weighted by molar-refractivity contribution is 9.10. The van der Waals surface area contributed by atoms with Gasteiger partial charge in [-0.2, -0.15) is 8.78 Å². The molecular weight excluding hydrogens is 273 g/mol. The minimum atomic E-state index is -1.76. The molecule has 0 bridgehead atoms. The fourth-order valence-corrected chi connectivity index (χ4v) is 1.26. The molecule has 5 heteroatoms.